The molecule has 0 unspecified atom stereocenters. The molecular formula is C12H15N6O4S-. The van der Waals surface area contributed by atoms with E-state index in [9.17, 15) is 13.0 Å². The highest BCUT2D eigenvalue weighted by atomic mass is 32.3. The molecule has 1 aromatic carbocycles. The van der Waals surface area contributed by atoms with Crippen molar-refractivity contribution in [2.24, 2.45) is 17.3 Å². The number of rotatable bonds is 7. The van der Waals surface area contributed by atoms with Crippen LogP contribution in [0.3, 0.4) is 0 Å². The van der Waals surface area contributed by atoms with Crippen LogP contribution in [0, 0.1) is 0 Å². The van der Waals surface area contributed by atoms with E-state index in [0.29, 0.717) is 5.69 Å². The van der Waals surface area contributed by atoms with Gasteiger partial charge in [-0.1, -0.05) is 0 Å². The second-order valence-corrected chi connectivity index (χ2v) is 5.64. The Kier molecular flexibility index (Phi) is 5.36. The first-order valence-corrected chi connectivity index (χ1v) is 7.86. The van der Waals surface area contributed by atoms with Gasteiger partial charge in [0.05, 0.1) is 12.3 Å². The SMILES string of the molecule is CN(CCOS(=O)(=O)[O-])c1ccc(N=Nc2ncn(C)n2)cc1. The molecule has 2 rings (SSSR count). The number of likely N-dealkylation sites (N-methyl/N-ethyl adjacent to an activating group) is 1. The molecule has 0 aliphatic heterocycles. The first-order valence-electron chi connectivity index (χ1n) is 6.52. The molecule has 0 saturated heterocycles. The molecule has 11 heteroatoms. The lowest BCUT2D eigenvalue weighted by Crippen LogP contribution is -2.23. The summed E-state index contributed by atoms with van der Waals surface area (Å²) in [6, 6.07) is 7.05. The normalized spacial score (nSPS) is 12.0. The fourth-order valence-electron chi connectivity index (χ4n) is 1.66. The number of anilines is 1. The van der Waals surface area contributed by atoms with Crippen LogP contribution in [0.25, 0.3) is 0 Å². The van der Waals surface area contributed by atoms with Gasteiger partial charge in [0.2, 0.25) is 10.4 Å². The highest BCUT2D eigenvalue weighted by Gasteiger charge is 2.03. The Morgan fingerprint density at radius 2 is 2.00 bits per heavy atom. The summed E-state index contributed by atoms with van der Waals surface area (Å²) in [7, 11) is -1.18. The second kappa shape index (κ2) is 7.26. The van der Waals surface area contributed by atoms with E-state index in [4.69, 9.17) is 0 Å². The summed E-state index contributed by atoms with van der Waals surface area (Å²) in [5, 5.41) is 11.9. The zero-order valence-corrected chi connectivity index (χ0v) is 13.3. The van der Waals surface area contributed by atoms with E-state index >= 15 is 0 Å². The van der Waals surface area contributed by atoms with Crippen molar-refractivity contribution in [2.45, 2.75) is 0 Å². The molecule has 0 N–H and O–H groups in total. The molecule has 1 heterocycles. The van der Waals surface area contributed by atoms with Gasteiger partial charge in [0.25, 0.3) is 5.95 Å². The van der Waals surface area contributed by atoms with E-state index in [1.165, 1.54) is 11.0 Å². The van der Waals surface area contributed by atoms with Gasteiger partial charge in [-0.2, -0.15) is 4.98 Å². The fourth-order valence-corrected chi connectivity index (χ4v) is 1.93. The minimum atomic E-state index is -4.66. The molecule has 10 nitrogen and oxygen atoms in total. The molecule has 2 aromatic rings. The summed E-state index contributed by atoms with van der Waals surface area (Å²) < 4.78 is 36.7. The van der Waals surface area contributed by atoms with Gasteiger partial charge in [0.15, 0.2) is 0 Å². The summed E-state index contributed by atoms with van der Waals surface area (Å²) in [6.45, 7) is 0.0370. The van der Waals surface area contributed by atoms with Crippen LogP contribution in [0.5, 0.6) is 0 Å². The molecular weight excluding hydrogens is 324 g/mol. The van der Waals surface area contributed by atoms with Crippen LogP contribution in [0.2, 0.25) is 0 Å². The molecule has 0 fully saturated rings. The topological polar surface area (TPSA) is 125 Å². The average molecular weight is 339 g/mol. The van der Waals surface area contributed by atoms with E-state index in [2.05, 4.69) is 24.5 Å². The summed E-state index contributed by atoms with van der Waals surface area (Å²) in [6.07, 6.45) is 1.52. The molecule has 0 radical (unpaired) electrons. The van der Waals surface area contributed by atoms with Crippen LogP contribution in [0.4, 0.5) is 17.3 Å². The van der Waals surface area contributed by atoms with Crippen molar-refractivity contribution in [3.8, 4) is 0 Å². The first kappa shape index (κ1) is 17.0. The molecule has 0 bridgehead atoms. The standard InChI is InChI=1S/C12H16N6O4S/c1-17(7-8-22-23(19,20)21)11-5-3-10(4-6-11)14-15-12-13-9-18(2)16-12/h3-6,9H,7-8H2,1-2H3,(H,19,20,21)/p-1. The van der Waals surface area contributed by atoms with Crippen LogP contribution < -0.4 is 4.90 Å². The van der Waals surface area contributed by atoms with E-state index < -0.39 is 10.4 Å². The third-order valence-corrected chi connectivity index (χ3v) is 3.24. The summed E-state index contributed by atoms with van der Waals surface area (Å²) in [5.41, 5.74) is 1.43. The van der Waals surface area contributed by atoms with Crippen molar-refractivity contribution in [3.63, 3.8) is 0 Å². The maximum atomic E-state index is 10.4. The van der Waals surface area contributed by atoms with Crippen molar-refractivity contribution in [1.29, 1.82) is 0 Å². The van der Waals surface area contributed by atoms with Crippen LogP contribution in [-0.4, -0.2) is 47.9 Å². The molecule has 0 aliphatic carbocycles. The molecule has 0 spiro atoms. The van der Waals surface area contributed by atoms with Crippen molar-refractivity contribution >= 4 is 27.7 Å². The predicted octanol–water partition coefficient (Wildman–Crippen LogP) is 1.14. The maximum absolute atomic E-state index is 10.4. The number of hydrogen-bond acceptors (Lipinski definition) is 9. The van der Waals surface area contributed by atoms with Crippen molar-refractivity contribution in [3.05, 3.63) is 30.6 Å². The Balaban J connectivity index is 1.92. The monoisotopic (exact) mass is 339 g/mol. The Bertz CT molecular complexity index is 771. The Labute approximate surface area is 133 Å². The first-order chi connectivity index (χ1) is 10.8. The maximum Gasteiger partial charge on any atom is 0.287 e. The molecule has 124 valence electrons. The minimum Gasteiger partial charge on any atom is -0.726 e. The lowest BCUT2D eigenvalue weighted by Gasteiger charge is -2.19. The number of benzene rings is 1. The zero-order valence-electron chi connectivity index (χ0n) is 12.5. The molecule has 0 atom stereocenters. The third-order valence-electron chi connectivity index (χ3n) is 2.79. The lowest BCUT2D eigenvalue weighted by molar-refractivity contribution is 0.267. The Hall–Kier alpha value is -2.37. The zero-order chi connectivity index (χ0) is 16.9. The smallest absolute Gasteiger partial charge is 0.287 e. The molecule has 1 aromatic heterocycles. The highest BCUT2D eigenvalue weighted by molar-refractivity contribution is 7.80. The fraction of sp³-hybridized carbons (Fsp3) is 0.333. The summed E-state index contributed by atoms with van der Waals surface area (Å²) in [4.78, 5) is 5.67. The Morgan fingerprint density at radius 1 is 1.30 bits per heavy atom. The van der Waals surface area contributed by atoms with Gasteiger partial charge in [-0.15, -0.1) is 15.3 Å². The number of aryl methyl sites for hydroxylation is 1. The van der Waals surface area contributed by atoms with Gasteiger partial charge >= 0.3 is 0 Å². The quantitative estimate of drug-likeness (QED) is 0.420. The molecule has 0 saturated carbocycles. The van der Waals surface area contributed by atoms with E-state index in [0.717, 1.165) is 5.69 Å². The summed E-state index contributed by atoms with van der Waals surface area (Å²) in [5.74, 6) is 0.268. The number of azo groups is 1. The minimum absolute atomic E-state index is 0.213. The van der Waals surface area contributed by atoms with Gasteiger partial charge in [-0.25, -0.2) is 8.42 Å². The van der Waals surface area contributed by atoms with Crippen LogP contribution in [0.1, 0.15) is 0 Å². The van der Waals surface area contributed by atoms with Crippen molar-refractivity contribution < 1.29 is 17.2 Å². The number of hydrogen-bond donors (Lipinski definition) is 0. The molecule has 0 aliphatic rings. The van der Waals surface area contributed by atoms with Gasteiger partial charge in [-0.3, -0.25) is 8.86 Å². The number of nitrogens with zero attached hydrogens (tertiary/aromatic N) is 6. The molecule has 23 heavy (non-hydrogen) atoms. The van der Waals surface area contributed by atoms with Crippen LogP contribution in [-0.2, 0) is 21.6 Å². The van der Waals surface area contributed by atoms with Crippen molar-refractivity contribution in [1.82, 2.24) is 14.8 Å². The van der Waals surface area contributed by atoms with Gasteiger partial charge in [0, 0.05) is 26.3 Å². The second-order valence-electron chi connectivity index (χ2n) is 4.59. The van der Waals surface area contributed by atoms with E-state index in [1.54, 1.807) is 43.3 Å². The molecule has 0 amide bonds. The third kappa shape index (κ3) is 5.73. The number of aromatic nitrogens is 3. The van der Waals surface area contributed by atoms with Crippen LogP contribution >= 0.6 is 0 Å². The van der Waals surface area contributed by atoms with E-state index in [-0.39, 0.29) is 19.1 Å². The van der Waals surface area contributed by atoms with Gasteiger partial charge < -0.3 is 9.45 Å². The Morgan fingerprint density at radius 3 is 2.57 bits per heavy atom. The lowest BCUT2D eigenvalue weighted by atomic mass is 10.2. The van der Waals surface area contributed by atoms with Gasteiger partial charge in [0.1, 0.15) is 6.33 Å². The van der Waals surface area contributed by atoms with Crippen molar-refractivity contribution in [2.75, 3.05) is 25.1 Å². The largest absolute Gasteiger partial charge is 0.726 e. The highest BCUT2D eigenvalue weighted by Crippen LogP contribution is 2.20. The van der Waals surface area contributed by atoms with Gasteiger partial charge in [-0.05, 0) is 24.3 Å². The van der Waals surface area contributed by atoms with Crippen LogP contribution in [0.15, 0.2) is 40.8 Å². The summed E-state index contributed by atoms with van der Waals surface area (Å²) >= 11 is 0. The predicted molar refractivity (Wildman–Crippen MR) is 80.5 cm³/mol. The average Bonchev–Trinajstić information content (AvgIpc) is 2.90. The van der Waals surface area contributed by atoms with E-state index in [1.807, 2.05) is 0 Å².